The quantitative estimate of drug-likeness (QED) is 0.687. The van der Waals surface area contributed by atoms with Crippen molar-refractivity contribution in [3.63, 3.8) is 0 Å². The predicted octanol–water partition coefficient (Wildman–Crippen LogP) is 4.52. The smallest absolute Gasteiger partial charge is 0.206 e. The second kappa shape index (κ2) is 7.30. The van der Waals surface area contributed by atoms with E-state index in [-0.39, 0.29) is 0 Å². The molecule has 0 spiro atoms. The predicted molar refractivity (Wildman–Crippen MR) is 108 cm³/mol. The van der Waals surface area contributed by atoms with Gasteiger partial charge >= 0.3 is 0 Å². The van der Waals surface area contributed by atoms with Gasteiger partial charge in [-0.3, -0.25) is 0 Å². The van der Waals surface area contributed by atoms with E-state index in [1.165, 1.54) is 23.7 Å². The lowest BCUT2D eigenvalue weighted by atomic mass is 10.1. The van der Waals surface area contributed by atoms with Crippen LogP contribution in [0.3, 0.4) is 0 Å². The van der Waals surface area contributed by atoms with Crippen molar-refractivity contribution in [2.75, 3.05) is 30.9 Å². The first kappa shape index (κ1) is 17.5. The number of pyridine rings is 1. The van der Waals surface area contributed by atoms with Crippen molar-refractivity contribution in [1.82, 2.24) is 14.5 Å². The van der Waals surface area contributed by atoms with E-state index >= 15 is 0 Å². The number of fused-ring (bicyclic) bond motifs is 3. The topological polar surface area (TPSA) is 46.0 Å². The van der Waals surface area contributed by atoms with E-state index in [9.17, 15) is 0 Å². The van der Waals surface area contributed by atoms with Crippen LogP contribution in [-0.4, -0.2) is 35.2 Å². The summed E-state index contributed by atoms with van der Waals surface area (Å²) in [6.07, 6.45) is 2.35. The fraction of sp³-hybridized carbons (Fsp3) is 0.500. The van der Waals surface area contributed by atoms with Gasteiger partial charge in [0.1, 0.15) is 5.52 Å². The number of nitrogens with zero attached hydrogens (tertiary/aromatic N) is 4. The molecule has 0 amide bonds. The molecule has 5 nitrogen and oxygen atoms in total. The van der Waals surface area contributed by atoms with Gasteiger partial charge in [0.15, 0.2) is 5.82 Å². The van der Waals surface area contributed by atoms with Crippen molar-refractivity contribution in [3.8, 4) is 0 Å². The molecule has 0 atom stereocenters. The summed E-state index contributed by atoms with van der Waals surface area (Å²) in [5.41, 5.74) is 3.15. The fourth-order valence-electron chi connectivity index (χ4n) is 3.32. The highest BCUT2D eigenvalue weighted by molar-refractivity contribution is 6.07. The molecule has 3 aromatic rings. The minimum Gasteiger partial charge on any atom is -0.371 e. The Labute approximate surface area is 150 Å². The second-order valence-electron chi connectivity index (χ2n) is 7.12. The Morgan fingerprint density at radius 1 is 1.20 bits per heavy atom. The summed E-state index contributed by atoms with van der Waals surface area (Å²) in [6.45, 7) is 8.69. The maximum Gasteiger partial charge on any atom is 0.206 e. The fourth-order valence-corrected chi connectivity index (χ4v) is 3.32. The van der Waals surface area contributed by atoms with Crippen LogP contribution in [0.5, 0.6) is 0 Å². The minimum absolute atomic E-state index is 0.542. The van der Waals surface area contributed by atoms with E-state index in [0.29, 0.717) is 5.92 Å². The number of unbranched alkanes of at least 4 members (excludes halogenated alkanes) is 1. The van der Waals surface area contributed by atoms with Crippen molar-refractivity contribution < 1.29 is 0 Å². The normalized spacial score (nSPS) is 11.6. The van der Waals surface area contributed by atoms with Crippen molar-refractivity contribution in [2.45, 2.75) is 40.2 Å². The van der Waals surface area contributed by atoms with Crippen molar-refractivity contribution >= 4 is 33.7 Å². The summed E-state index contributed by atoms with van der Waals surface area (Å²) in [7, 11) is 4.06. The van der Waals surface area contributed by atoms with Crippen LogP contribution in [0.15, 0.2) is 24.3 Å². The van der Waals surface area contributed by atoms with Gasteiger partial charge in [-0.1, -0.05) is 45.4 Å². The number of para-hydroxylation sites is 1. The zero-order valence-corrected chi connectivity index (χ0v) is 16.0. The maximum absolute atomic E-state index is 5.00. The van der Waals surface area contributed by atoms with E-state index in [1.54, 1.807) is 0 Å². The van der Waals surface area contributed by atoms with Crippen LogP contribution >= 0.6 is 0 Å². The first-order chi connectivity index (χ1) is 12.1. The molecule has 2 aromatic heterocycles. The lowest BCUT2D eigenvalue weighted by Gasteiger charge is -2.21. The average molecular weight is 339 g/mol. The Bertz CT molecular complexity index is 865. The molecule has 25 heavy (non-hydrogen) atoms. The summed E-state index contributed by atoms with van der Waals surface area (Å²) < 4.78 is 2.38. The number of aromatic nitrogens is 3. The molecule has 5 heteroatoms. The van der Waals surface area contributed by atoms with Crippen molar-refractivity contribution in [1.29, 1.82) is 0 Å². The van der Waals surface area contributed by atoms with Crippen LogP contribution in [0.2, 0.25) is 0 Å². The molecule has 0 bridgehead atoms. The Morgan fingerprint density at radius 3 is 2.64 bits per heavy atom. The number of anilines is 2. The van der Waals surface area contributed by atoms with E-state index in [2.05, 4.69) is 60.8 Å². The zero-order valence-electron chi connectivity index (χ0n) is 16.0. The van der Waals surface area contributed by atoms with Crippen LogP contribution in [0.25, 0.3) is 21.9 Å². The number of rotatable bonds is 7. The molecule has 134 valence electrons. The Kier molecular flexibility index (Phi) is 5.11. The summed E-state index contributed by atoms with van der Waals surface area (Å²) in [4.78, 5) is 12.1. The molecule has 0 fully saturated rings. The monoisotopic (exact) mass is 339 g/mol. The SMILES string of the molecule is CCCCN(C)c1nc2c(NC)nc3ccccc3c2n1CC(C)C. The third kappa shape index (κ3) is 3.28. The Balaban J connectivity index is 2.30. The first-order valence-corrected chi connectivity index (χ1v) is 9.24. The molecule has 1 N–H and O–H groups in total. The van der Waals surface area contributed by atoms with Gasteiger partial charge in [-0.25, -0.2) is 9.97 Å². The number of nitrogens with one attached hydrogen (secondary N) is 1. The summed E-state index contributed by atoms with van der Waals surface area (Å²) in [5.74, 6) is 2.42. The maximum atomic E-state index is 5.00. The van der Waals surface area contributed by atoms with E-state index in [1.807, 2.05) is 13.1 Å². The second-order valence-corrected chi connectivity index (χ2v) is 7.12. The van der Waals surface area contributed by atoms with Gasteiger partial charge in [0.05, 0.1) is 11.0 Å². The molecule has 0 aliphatic rings. The first-order valence-electron chi connectivity index (χ1n) is 9.24. The summed E-state index contributed by atoms with van der Waals surface area (Å²) in [5, 5.41) is 4.40. The van der Waals surface area contributed by atoms with Gasteiger partial charge in [-0.2, -0.15) is 0 Å². The van der Waals surface area contributed by atoms with Crippen LogP contribution in [0, 0.1) is 5.92 Å². The van der Waals surface area contributed by atoms with Crippen LogP contribution in [-0.2, 0) is 6.54 Å². The van der Waals surface area contributed by atoms with Gasteiger partial charge in [0, 0.05) is 32.6 Å². The minimum atomic E-state index is 0.542. The molecular formula is C20H29N5. The lowest BCUT2D eigenvalue weighted by molar-refractivity contribution is 0.530. The van der Waals surface area contributed by atoms with Crippen LogP contribution < -0.4 is 10.2 Å². The molecule has 0 saturated carbocycles. The van der Waals surface area contributed by atoms with E-state index in [0.717, 1.165) is 35.9 Å². The van der Waals surface area contributed by atoms with Gasteiger partial charge in [-0.15, -0.1) is 0 Å². The average Bonchev–Trinajstić information content (AvgIpc) is 2.98. The molecule has 0 radical (unpaired) electrons. The van der Waals surface area contributed by atoms with Crippen LogP contribution in [0.4, 0.5) is 11.8 Å². The highest BCUT2D eigenvalue weighted by atomic mass is 15.3. The van der Waals surface area contributed by atoms with E-state index < -0.39 is 0 Å². The van der Waals surface area contributed by atoms with Gasteiger partial charge < -0.3 is 14.8 Å². The molecule has 0 aliphatic carbocycles. The summed E-state index contributed by atoms with van der Waals surface area (Å²) >= 11 is 0. The molecule has 0 aliphatic heterocycles. The Morgan fingerprint density at radius 2 is 1.96 bits per heavy atom. The van der Waals surface area contributed by atoms with Crippen molar-refractivity contribution in [3.05, 3.63) is 24.3 Å². The van der Waals surface area contributed by atoms with Gasteiger partial charge in [0.25, 0.3) is 0 Å². The Hall–Kier alpha value is -2.30. The third-order valence-electron chi connectivity index (χ3n) is 4.54. The number of hydrogen-bond acceptors (Lipinski definition) is 4. The highest BCUT2D eigenvalue weighted by Crippen LogP contribution is 2.33. The summed E-state index contributed by atoms with van der Waals surface area (Å²) in [6, 6.07) is 8.34. The van der Waals surface area contributed by atoms with Crippen molar-refractivity contribution in [2.24, 2.45) is 5.92 Å². The molecule has 0 unspecified atom stereocenters. The zero-order chi connectivity index (χ0) is 18.0. The van der Waals surface area contributed by atoms with Gasteiger partial charge in [0.2, 0.25) is 5.95 Å². The molecular weight excluding hydrogens is 310 g/mol. The highest BCUT2D eigenvalue weighted by Gasteiger charge is 2.20. The number of hydrogen-bond donors (Lipinski definition) is 1. The van der Waals surface area contributed by atoms with Crippen LogP contribution in [0.1, 0.15) is 33.6 Å². The van der Waals surface area contributed by atoms with E-state index in [4.69, 9.17) is 9.97 Å². The standard InChI is InChI=1S/C20H29N5/c1-6-7-12-24(5)20-23-17-18(25(20)13-14(2)3)15-10-8-9-11-16(15)22-19(17)21-4/h8-11,14H,6-7,12-13H2,1-5H3,(H,21,22). The molecule has 1 aromatic carbocycles. The number of benzene rings is 1. The lowest BCUT2D eigenvalue weighted by Crippen LogP contribution is -2.23. The largest absolute Gasteiger partial charge is 0.371 e. The third-order valence-corrected chi connectivity index (χ3v) is 4.54. The number of imidazole rings is 1. The molecule has 3 rings (SSSR count). The molecule has 0 saturated heterocycles. The molecule has 2 heterocycles. The van der Waals surface area contributed by atoms with Gasteiger partial charge in [-0.05, 0) is 18.4 Å².